The number of carbonyl (C=O) groups is 2. The number of aromatic nitrogens is 4. The molecule has 10 nitrogen and oxygen atoms in total. The van der Waals surface area contributed by atoms with Crippen LogP contribution in [-0.4, -0.2) is 34.2 Å². The Morgan fingerprint density at radius 3 is 1.44 bits per heavy atom. The fourth-order valence-electron chi connectivity index (χ4n) is 6.29. The van der Waals surface area contributed by atoms with Gasteiger partial charge in [-0.15, -0.1) is 0 Å². The summed E-state index contributed by atoms with van der Waals surface area (Å²) < 4.78 is 4.39. The molecular weight excluding hydrogens is 673 g/mol. The van der Waals surface area contributed by atoms with E-state index in [0.29, 0.717) is 5.39 Å². The van der Waals surface area contributed by atoms with E-state index in [9.17, 15) is 9.59 Å². The number of fused-ring (bicyclic) bond motifs is 3. The molecule has 0 saturated carbocycles. The van der Waals surface area contributed by atoms with Crippen LogP contribution in [0.25, 0.3) is 32.8 Å². The highest BCUT2D eigenvalue weighted by Crippen LogP contribution is 2.15. The van der Waals surface area contributed by atoms with Gasteiger partial charge in [-0.2, -0.15) is 19.3 Å². The van der Waals surface area contributed by atoms with Gasteiger partial charge in [0.05, 0.1) is 12.4 Å². The van der Waals surface area contributed by atoms with Gasteiger partial charge < -0.3 is 0 Å². The molecule has 0 radical (unpaired) electrons. The molecule has 0 saturated heterocycles. The van der Waals surface area contributed by atoms with Gasteiger partial charge >= 0.3 is 0 Å². The maximum absolute atomic E-state index is 13.0. The van der Waals surface area contributed by atoms with Crippen molar-refractivity contribution in [2.75, 3.05) is 0 Å². The van der Waals surface area contributed by atoms with E-state index in [1.807, 2.05) is 97.1 Å². The topological polar surface area (TPSA) is 116 Å². The molecule has 0 aliphatic carbocycles. The van der Waals surface area contributed by atoms with E-state index in [-0.39, 0.29) is 17.0 Å². The van der Waals surface area contributed by atoms with Crippen LogP contribution < -0.4 is 20.0 Å². The number of rotatable bonds is 10. The number of carbonyl (C=O) groups excluding carboxylic acids is 2. The molecule has 8 rings (SSSR count). The number of hydrogen-bond acceptors (Lipinski definition) is 6. The standard InChI is InChI=1S/C44H32N8O2/c53-43(49-45-27-33-15-21-40-36(25-33)13-7-23-51(40)29-31-9-3-1-4-10-31)38-19-17-35-18-20-39(48-42(35)47-38)44(54)50-46-28-34-16-22-41-37(26-34)14-8-24-52(41)30-32-11-5-2-6-12-32/h1-28H,29-30H2/p+2/b45-27+,46-28+. The third-order valence-electron chi connectivity index (χ3n) is 8.97. The highest BCUT2D eigenvalue weighted by molar-refractivity contribution is 5.97. The van der Waals surface area contributed by atoms with Gasteiger partial charge in [0, 0.05) is 51.6 Å². The van der Waals surface area contributed by atoms with Gasteiger partial charge in [-0.1, -0.05) is 60.7 Å². The first-order valence-electron chi connectivity index (χ1n) is 17.4. The molecule has 4 heterocycles. The monoisotopic (exact) mass is 706 g/mol. The number of nitrogens with one attached hydrogen (secondary N) is 2. The Morgan fingerprint density at radius 2 is 0.981 bits per heavy atom. The first kappa shape index (κ1) is 33.7. The van der Waals surface area contributed by atoms with Crippen LogP contribution in [0, 0.1) is 0 Å². The van der Waals surface area contributed by atoms with Gasteiger partial charge in [0.25, 0.3) is 11.8 Å². The predicted octanol–water partition coefficient (Wildman–Crippen LogP) is 6.14. The molecule has 8 aromatic rings. The molecule has 0 fully saturated rings. The Hall–Kier alpha value is -7.46. The Balaban J connectivity index is 0.902. The van der Waals surface area contributed by atoms with Gasteiger partial charge in [-0.25, -0.2) is 20.8 Å². The van der Waals surface area contributed by atoms with E-state index in [1.54, 1.807) is 36.7 Å². The molecule has 10 heteroatoms. The summed E-state index contributed by atoms with van der Waals surface area (Å²) in [5.74, 6) is -1.01. The maximum atomic E-state index is 13.0. The molecule has 0 aliphatic heterocycles. The van der Waals surface area contributed by atoms with Crippen molar-refractivity contribution in [2.45, 2.75) is 13.1 Å². The van der Waals surface area contributed by atoms with Gasteiger partial charge in [0.2, 0.25) is 11.0 Å². The number of benzene rings is 4. The Morgan fingerprint density at radius 1 is 0.519 bits per heavy atom. The smallest absolute Gasteiger partial charge is 0.266 e. The second-order valence-corrected chi connectivity index (χ2v) is 12.7. The van der Waals surface area contributed by atoms with Gasteiger partial charge in [-0.05, 0) is 71.8 Å². The van der Waals surface area contributed by atoms with Crippen LogP contribution >= 0.6 is 0 Å². The van der Waals surface area contributed by atoms with Gasteiger partial charge in [0.15, 0.2) is 31.1 Å². The first-order valence-corrected chi connectivity index (χ1v) is 17.4. The van der Waals surface area contributed by atoms with Crippen molar-refractivity contribution in [3.63, 3.8) is 0 Å². The zero-order valence-corrected chi connectivity index (χ0v) is 29.1. The normalized spacial score (nSPS) is 11.5. The number of nitrogens with zero attached hydrogens (tertiary/aromatic N) is 6. The van der Waals surface area contributed by atoms with E-state index in [2.05, 4.69) is 76.8 Å². The average molecular weight is 707 g/mol. The van der Waals surface area contributed by atoms with Crippen LogP contribution in [-0.2, 0) is 13.1 Å². The minimum absolute atomic E-state index is 0.115. The summed E-state index contributed by atoms with van der Waals surface area (Å²) in [5.41, 5.74) is 11.9. The lowest BCUT2D eigenvalue weighted by Gasteiger charge is -2.04. The van der Waals surface area contributed by atoms with Crippen molar-refractivity contribution < 1.29 is 18.7 Å². The third kappa shape index (κ3) is 7.73. The van der Waals surface area contributed by atoms with Crippen molar-refractivity contribution in [1.29, 1.82) is 0 Å². The van der Waals surface area contributed by atoms with Crippen LogP contribution in [0.2, 0.25) is 0 Å². The van der Waals surface area contributed by atoms with E-state index in [0.717, 1.165) is 46.0 Å². The zero-order chi connectivity index (χ0) is 36.7. The minimum atomic E-state index is -0.503. The van der Waals surface area contributed by atoms with Gasteiger partial charge in [0.1, 0.15) is 11.4 Å². The summed E-state index contributed by atoms with van der Waals surface area (Å²) >= 11 is 0. The Bertz CT molecular complexity index is 2530. The van der Waals surface area contributed by atoms with Crippen molar-refractivity contribution >= 4 is 57.1 Å². The highest BCUT2D eigenvalue weighted by atomic mass is 16.2. The highest BCUT2D eigenvalue weighted by Gasteiger charge is 2.14. The summed E-state index contributed by atoms with van der Waals surface area (Å²) in [6, 6.07) is 47.4. The number of hydrazone groups is 2. The number of pyridine rings is 4. The molecule has 4 aromatic carbocycles. The molecule has 0 aliphatic rings. The van der Waals surface area contributed by atoms with Crippen LogP contribution in [0.5, 0.6) is 0 Å². The van der Waals surface area contributed by atoms with E-state index in [4.69, 9.17) is 0 Å². The molecule has 260 valence electrons. The predicted molar refractivity (Wildman–Crippen MR) is 209 cm³/mol. The van der Waals surface area contributed by atoms with Crippen molar-refractivity contribution in [1.82, 2.24) is 20.8 Å². The lowest BCUT2D eigenvalue weighted by Crippen LogP contribution is -2.34. The fraction of sp³-hybridized carbons (Fsp3) is 0.0455. The van der Waals surface area contributed by atoms with Crippen LogP contribution in [0.4, 0.5) is 0 Å². The summed E-state index contributed by atoms with van der Waals surface area (Å²) in [4.78, 5) is 34.7. The van der Waals surface area contributed by atoms with Crippen LogP contribution in [0.3, 0.4) is 0 Å². The maximum Gasteiger partial charge on any atom is 0.290 e. The molecule has 2 N–H and O–H groups in total. The van der Waals surface area contributed by atoms with E-state index >= 15 is 0 Å². The molecular formula is C44H34N8O2+2. The fourth-order valence-corrected chi connectivity index (χ4v) is 6.29. The molecule has 54 heavy (non-hydrogen) atoms. The summed E-state index contributed by atoms with van der Waals surface area (Å²) in [6.45, 7) is 1.52. The molecule has 2 amide bonds. The largest absolute Gasteiger partial charge is 0.290 e. The minimum Gasteiger partial charge on any atom is -0.266 e. The molecule has 0 spiro atoms. The van der Waals surface area contributed by atoms with Crippen LogP contribution in [0.1, 0.15) is 43.2 Å². The third-order valence-corrected chi connectivity index (χ3v) is 8.97. The molecule has 0 atom stereocenters. The van der Waals surface area contributed by atoms with Crippen LogP contribution in [0.15, 0.2) is 168 Å². The summed E-state index contributed by atoms with van der Waals surface area (Å²) in [6.07, 6.45) is 7.31. The molecule has 0 unspecified atom stereocenters. The number of amides is 2. The molecule has 4 aromatic heterocycles. The van der Waals surface area contributed by atoms with Crippen molar-refractivity contribution in [2.24, 2.45) is 10.2 Å². The second-order valence-electron chi connectivity index (χ2n) is 12.7. The Kier molecular flexibility index (Phi) is 9.62. The second kappa shape index (κ2) is 15.4. The summed E-state index contributed by atoms with van der Waals surface area (Å²) in [5, 5.41) is 11.1. The number of hydrogen-bond donors (Lipinski definition) is 2. The van der Waals surface area contributed by atoms with Crippen molar-refractivity contribution in [3.05, 3.63) is 192 Å². The van der Waals surface area contributed by atoms with E-state index in [1.165, 1.54) is 11.1 Å². The van der Waals surface area contributed by atoms with E-state index < -0.39 is 11.8 Å². The summed E-state index contributed by atoms with van der Waals surface area (Å²) in [7, 11) is 0. The average Bonchev–Trinajstić information content (AvgIpc) is 3.21. The lowest BCUT2D eigenvalue weighted by molar-refractivity contribution is -0.662. The SMILES string of the molecule is O=C(N/N=C/c1ccc2c(ccc[n+]2Cc2ccccc2)c1)c1ccc2ccc(C(=O)N/N=C/c3ccc4c(ccc[n+]4Cc4ccccc4)c3)nc2n1. The quantitative estimate of drug-likeness (QED) is 0.101. The Labute approximate surface area is 310 Å². The van der Waals surface area contributed by atoms with Crippen molar-refractivity contribution in [3.8, 4) is 0 Å². The van der Waals surface area contributed by atoms with Gasteiger partial charge in [-0.3, -0.25) is 9.59 Å². The lowest BCUT2D eigenvalue weighted by atomic mass is 10.1. The molecule has 0 bridgehead atoms. The zero-order valence-electron chi connectivity index (χ0n) is 29.1. The first-order chi connectivity index (χ1) is 26.6.